The molecule has 4 aromatic carbocycles. The van der Waals surface area contributed by atoms with E-state index in [4.69, 9.17) is 9.47 Å². The van der Waals surface area contributed by atoms with Crippen LogP contribution in [-0.4, -0.2) is 57.5 Å². The van der Waals surface area contributed by atoms with Crippen molar-refractivity contribution in [1.29, 1.82) is 0 Å². The first kappa shape index (κ1) is 34.1. The summed E-state index contributed by atoms with van der Waals surface area (Å²) in [5, 5.41) is 3.03. The molecule has 46 heavy (non-hydrogen) atoms. The molecule has 2 amide bonds. The number of anilines is 1. The minimum absolute atomic E-state index is 0.0125. The zero-order chi connectivity index (χ0) is 33.3. The molecule has 1 N–H and O–H groups in total. The molecule has 0 heterocycles. The van der Waals surface area contributed by atoms with Crippen LogP contribution < -0.4 is 19.1 Å². The summed E-state index contributed by atoms with van der Waals surface area (Å²) >= 11 is 0. The van der Waals surface area contributed by atoms with E-state index in [1.165, 1.54) is 37.3 Å². The fourth-order valence-corrected chi connectivity index (χ4v) is 6.44. The predicted octanol–water partition coefficient (Wildman–Crippen LogP) is 5.45. The van der Waals surface area contributed by atoms with Crippen LogP contribution >= 0.6 is 0 Å². The van der Waals surface area contributed by atoms with Crippen molar-refractivity contribution in [3.8, 4) is 11.5 Å². The van der Waals surface area contributed by atoms with E-state index in [2.05, 4.69) is 5.32 Å². The summed E-state index contributed by atoms with van der Waals surface area (Å²) in [5.74, 6) is -0.192. The van der Waals surface area contributed by atoms with Gasteiger partial charge in [-0.05, 0) is 56.2 Å². The number of nitrogens with zero attached hydrogens (tertiary/aromatic N) is 2. The molecule has 0 fully saturated rings. The number of amides is 2. The van der Waals surface area contributed by atoms with Crippen LogP contribution in [-0.2, 0) is 32.6 Å². The normalized spacial score (nSPS) is 12.1. The van der Waals surface area contributed by atoms with Crippen molar-refractivity contribution in [2.24, 2.45) is 0 Å². The Kier molecular flexibility index (Phi) is 11.1. The van der Waals surface area contributed by atoms with E-state index in [0.29, 0.717) is 11.5 Å². The molecule has 0 aliphatic rings. The minimum Gasteiger partial charge on any atom is -0.493 e. The number of carbonyl (C=O) groups is 2. The van der Waals surface area contributed by atoms with Crippen molar-refractivity contribution in [2.45, 2.75) is 50.2 Å². The summed E-state index contributed by atoms with van der Waals surface area (Å²) in [6.45, 7) is 5.13. The van der Waals surface area contributed by atoms with E-state index in [1.54, 1.807) is 30.3 Å². The van der Waals surface area contributed by atoms with E-state index in [0.717, 1.165) is 15.4 Å². The van der Waals surface area contributed by atoms with E-state index < -0.39 is 34.1 Å². The summed E-state index contributed by atoms with van der Waals surface area (Å²) in [7, 11) is -1.31. The van der Waals surface area contributed by atoms with Gasteiger partial charge in [-0.2, -0.15) is 0 Å². The van der Waals surface area contributed by atoms with E-state index >= 15 is 0 Å². The van der Waals surface area contributed by atoms with Gasteiger partial charge in [0.1, 0.15) is 12.6 Å². The Bertz CT molecular complexity index is 1710. The van der Waals surface area contributed by atoms with Gasteiger partial charge in [-0.25, -0.2) is 8.42 Å². The van der Waals surface area contributed by atoms with Gasteiger partial charge in [0.25, 0.3) is 10.0 Å². The number of methoxy groups -OCH3 is 2. The molecule has 0 aromatic heterocycles. The van der Waals surface area contributed by atoms with Crippen LogP contribution in [0.25, 0.3) is 0 Å². The quantitative estimate of drug-likeness (QED) is 0.208. The predicted molar refractivity (Wildman–Crippen MR) is 179 cm³/mol. The first-order valence-corrected chi connectivity index (χ1v) is 16.4. The second kappa shape index (κ2) is 15.0. The van der Waals surface area contributed by atoms with Crippen LogP contribution in [0.4, 0.5) is 5.69 Å². The number of hydrogen-bond donors (Lipinski definition) is 1. The van der Waals surface area contributed by atoms with Crippen LogP contribution in [0.2, 0.25) is 0 Å². The monoisotopic (exact) mass is 643 g/mol. The second-order valence-corrected chi connectivity index (χ2v) is 13.7. The van der Waals surface area contributed by atoms with Crippen molar-refractivity contribution in [1.82, 2.24) is 10.2 Å². The van der Waals surface area contributed by atoms with Gasteiger partial charge in [-0.3, -0.25) is 13.9 Å². The van der Waals surface area contributed by atoms with Crippen molar-refractivity contribution < 1.29 is 27.5 Å². The van der Waals surface area contributed by atoms with Crippen molar-refractivity contribution in [2.75, 3.05) is 25.1 Å². The van der Waals surface area contributed by atoms with Gasteiger partial charge in [0.2, 0.25) is 11.8 Å². The molecule has 0 aliphatic carbocycles. The van der Waals surface area contributed by atoms with Gasteiger partial charge in [0.15, 0.2) is 11.5 Å². The standard InChI is InChI=1S/C36H41N3O6S/c1-36(2,3)37-35(41)31(23-27-15-9-6-10-16-27)38(25-28-17-11-7-12-18-28)34(40)26-39(46(42,43)30-19-13-8-14-20-30)29-21-22-32(44-4)33(24-29)45-5/h6-22,24,31H,23,25-26H2,1-5H3,(H,37,41)/t31-/m1/s1. The maximum atomic E-state index is 14.6. The Morgan fingerprint density at radius 2 is 1.30 bits per heavy atom. The highest BCUT2D eigenvalue weighted by molar-refractivity contribution is 7.92. The topological polar surface area (TPSA) is 105 Å². The van der Waals surface area contributed by atoms with Gasteiger partial charge in [0.05, 0.1) is 24.8 Å². The molecule has 0 aliphatic heterocycles. The molecule has 0 unspecified atom stereocenters. The van der Waals surface area contributed by atoms with Gasteiger partial charge >= 0.3 is 0 Å². The SMILES string of the molecule is COc1ccc(N(CC(=O)N(Cc2ccccc2)[C@H](Cc2ccccc2)C(=O)NC(C)(C)C)S(=O)(=O)c2ccccc2)cc1OC. The summed E-state index contributed by atoms with van der Waals surface area (Å²) in [5.41, 5.74) is 1.28. The lowest BCUT2D eigenvalue weighted by Gasteiger charge is -2.35. The second-order valence-electron chi connectivity index (χ2n) is 11.8. The zero-order valence-corrected chi connectivity index (χ0v) is 27.7. The van der Waals surface area contributed by atoms with Crippen molar-refractivity contribution in [3.63, 3.8) is 0 Å². The molecule has 10 heteroatoms. The molecule has 1 atom stereocenters. The molecule has 0 spiro atoms. The summed E-state index contributed by atoms with van der Waals surface area (Å²) < 4.78 is 40.3. The lowest BCUT2D eigenvalue weighted by atomic mass is 10.0. The minimum atomic E-state index is -4.24. The Morgan fingerprint density at radius 3 is 1.85 bits per heavy atom. The molecule has 0 saturated heterocycles. The Hall–Kier alpha value is -4.83. The third-order valence-corrected chi connectivity index (χ3v) is 9.02. The fourth-order valence-electron chi connectivity index (χ4n) is 5.02. The molecule has 9 nitrogen and oxygen atoms in total. The molecule has 0 radical (unpaired) electrons. The number of rotatable bonds is 13. The number of hydrogen-bond acceptors (Lipinski definition) is 6. The third kappa shape index (κ3) is 8.66. The van der Waals surface area contributed by atoms with Crippen LogP contribution in [0.15, 0.2) is 114 Å². The van der Waals surface area contributed by atoms with Gasteiger partial charge in [-0.1, -0.05) is 78.9 Å². The number of sulfonamides is 1. The van der Waals surface area contributed by atoms with Gasteiger partial charge in [-0.15, -0.1) is 0 Å². The van der Waals surface area contributed by atoms with Crippen LogP contribution in [0.1, 0.15) is 31.9 Å². The average Bonchev–Trinajstić information content (AvgIpc) is 3.05. The van der Waals surface area contributed by atoms with Crippen LogP contribution in [0.5, 0.6) is 11.5 Å². The molecule has 242 valence electrons. The number of ether oxygens (including phenoxy) is 2. The lowest BCUT2D eigenvalue weighted by molar-refractivity contribution is -0.140. The molecule has 4 rings (SSSR count). The Balaban J connectivity index is 1.83. The smallest absolute Gasteiger partial charge is 0.264 e. The van der Waals surface area contributed by atoms with Gasteiger partial charge in [0, 0.05) is 24.6 Å². The summed E-state index contributed by atoms with van der Waals surface area (Å²) in [6, 6.07) is 30.4. The average molecular weight is 644 g/mol. The first-order valence-electron chi connectivity index (χ1n) is 14.9. The molecule has 4 aromatic rings. The van der Waals surface area contributed by atoms with E-state index in [1.807, 2.05) is 81.4 Å². The van der Waals surface area contributed by atoms with Crippen LogP contribution in [0.3, 0.4) is 0 Å². The first-order chi connectivity index (χ1) is 21.9. The van der Waals surface area contributed by atoms with E-state index in [-0.39, 0.29) is 29.5 Å². The number of carbonyl (C=O) groups excluding carboxylic acids is 2. The Morgan fingerprint density at radius 1 is 0.761 bits per heavy atom. The van der Waals surface area contributed by atoms with Crippen molar-refractivity contribution in [3.05, 3.63) is 120 Å². The molecular weight excluding hydrogens is 602 g/mol. The Labute approximate surface area is 271 Å². The highest BCUT2D eigenvalue weighted by Crippen LogP contribution is 2.34. The largest absolute Gasteiger partial charge is 0.493 e. The van der Waals surface area contributed by atoms with Gasteiger partial charge < -0.3 is 19.7 Å². The molecule has 0 saturated carbocycles. The summed E-state index contributed by atoms with van der Waals surface area (Å²) in [4.78, 5) is 30.0. The summed E-state index contributed by atoms with van der Waals surface area (Å²) in [6.07, 6.45) is 0.225. The number of benzene rings is 4. The molecular formula is C36H41N3O6S. The highest BCUT2D eigenvalue weighted by Gasteiger charge is 2.35. The van der Waals surface area contributed by atoms with Crippen LogP contribution in [0, 0.1) is 0 Å². The number of nitrogens with one attached hydrogen (secondary N) is 1. The zero-order valence-electron chi connectivity index (χ0n) is 26.8. The maximum Gasteiger partial charge on any atom is 0.264 e. The highest BCUT2D eigenvalue weighted by atomic mass is 32.2. The van der Waals surface area contributed by atoms with E-state index in [9.17, 15) is 18.0 Å². The fraction of sp³-hybridized carbons (Fsp3) is 0.278. The third-order valence-electron chi connectivity index (χ3n) is 7.23. The molecule has 0 bridgehead atoms. The lowest BCUT2D eigenvalue weighted by Crippen LogP contribution is -2.56. The van der Waals surface area contributed by atoms with Crippen molar-refractivity contribution >= 4 is 27.5 Å². The maximum absolute atomic E-state index is 14.6.